The lowest BCUT2D eigenvalue weighted by Gasteiger charge is -2.36. The van der Waals surface area contributed by atoms with E-state index >= 15 is 4.39 Å². The molecule has 0 radical (unpaired) electrons. The molecule has 0 saturated carbocycles. The molecule has 0 aromatic heterocycles. The number of likely N-dealkylation sites (N-methyl/N-ethyl adjacent to an activating group) is 3. The number of Topliss-reactive ketones (excluding diaryl/α,β-unsaturated/α-hetero) is 1. The van der Waals surface area contributed by atoms with Crippen LogP contribution in [-0.2, 0) is 78.3 Å². The summed E-state index contributed by atoms with van der Waals surface area (Å²) in [5.74, 6) is -7.39. The third-order valence-electron chi connectivity index (χ3n) is 15.9. The number of cyclic esters (lactones) is 2. The molecule has 2 bridgehead atoms. The van der Waals surface area contributed by atoms with Crippen LogP contribution in [0.25, 0.3) is 0 Å². The number of carbonyl (C=O) groups is 9. The number of ketones is 1. The number of amides is 6. The molecule has 1 saturated heterocycles. The van der Waals surface area contributed by atoms with Gasteiger partial charge in [-0.25, -0.2) is 14.0 Å². The van der Waals surface area contributed by atoms with E-state index in [-0.39, 0.29) is 86.6 Å². The fraction of sp³-hybridized carbons (Fsp3) is 0.397. The van der Waals surface area contributed by atoms with Crippen LogP contribution in [0.5, 0.6) is 23.0 Å². The lowest BCUT2D eigenvalue weighted by Crippen LogP contribution is -2.57. The molecule has 5 aromatic rings. The monoisotopic (exact) mass is 1240 g/mol. The van der Waals surface area contributed by atoms with Crippen molar-refractivity contribution in [3.05, 3.63) is 167 Å². The van der Waals surface area contributed by atoms with Crippen LogP contribution >= 0.6 is 0 Å². The van der Waals surface area contributed by atoms with Crippen LogP contribution in [0.1, 0.15) is 79.9 Å². The lowest BCUT2D eigenvalue weighted by molar-refractivity contribution is -0.165. The van der Waals surface area contributed by atoms with Crippen molar-refractivity contribution in [2.75, 3.05) is 68.2 Å². The van der Waals surface area contributed by atoms with Gasteiger partial charge in [0.05, 0.1) is 26.2 Å². The summed E-state index contributed by atoms with van der Waals surface area (Å²) in [4.78, 5) is 133. The van der Waals surface area contributed by atoms with Gasteiger partial charge in [-0.1, -0.05) is 97.1 Å². The molecule has 5 atom stereocenters. The molecular weight excluding hydrogens is 1160 g/mol. The molecule has 3 N–H and O–H groups in total. The molecule has 0 spiro atoms. The molecule has 0 aliphatic carbocycles. The minimum absolute atomic E-state index is 0.00731. The Labute approximate surface area is 523 Å². The second-order valence-corrected chi connectivity index (χ2v) is 23.0. The summed E-state index contributed by atoms with van der Waals surface area (Å²) in [6.45, 7) is 1.35. The van der Waals surface area contributed by atoms with Crippen LogP contribution < -0.4 is 24.8 Å². The van der Waals surface area contributed by atoms with E-state index in [4.69, 9.17) is 23.7 Å². The van der Waals surface area contributed by atoms with Gasteiger partial charge in [-0.05, 0) is 111 Å². The molecule has 0 unspecified atom stereocenters. The van der Waals surface area contributed by atoms with Crippen molar-refractivity contribution in [3.63, 3.8) is 0 Å². The number of nitrogens with one attached hydrogen (secondary N) is 2. The van der Waals surface area contributed by atoms with Crippen molar-refractivity contribution in [3.8, 4) is 23.0 Å². The van der Waals surface area contributed by atoms with Gasteiger partial charge in [-0.2, -0.15) is 0 Å². The number of piperidine rings is 1. The number of methoxy groups -OCH3 is 2. The Hall–Kier alpha value is -9.60. The van der Waals surface area contributed by atoms with Crippen molar-refractivity contribution >= 4 is 53.2 Å². The minimum Gasteiger partial charge on any atom is -0.508 e. The number of aromatic hydroxyl groups is 1. The highest BCUT2D eigenvalue weighted by atomic mass is 19.1. The average molecular weight is 1240 g/mol. The Morgan fingerprint density at radius 1 is 0.700 bits per heavy atom. The minimum atomic E-state index is -1.55. The smallest absolute Gasteiger partial charge is 0.330 e. The molecule has 7 rings (SSSR count). The first-order chi connectivity index (χ1) is 43.1. The number of halogens is 1. The Bertz CT molecular complexity index is 3380. The highest BCUT2D eigenvalue weighted by molar-refractivity contribution is 6.38. The fourth-order valence-corrected chi connectivity index (χ4v) is 10.6. The van der Waals surface area contributed by atoms with Crippen LogP contribution in [0.3, 0.4) is 0 Å². The van der Waals surface area contributed by atoms with E-state index < -0.39 is 114 Å². The zero-order valence-electron chi connectivity index (χ0n) is 51.8. The van der Waals surface area contributed by atoms with Gasteiger partial charge in [0.15, 0.2) is 23.9 Å². The summed E-state index contributed by atoms with van der Waals surface area (Å²) in [7, 11) is 7.00. The Morgan fingerprint density at radius 2 is 1.34 bits per heavy atom. The predicted molar refractivity (Wildman–Crippen MR) is 329 cm³/mol. The summed E-state index contributed by atoms with van der Waals surface area (Å²) in [5, 5.41) is 15.8. The largest absolute Gasteiger partial charge is 0.508 e. The van der Waals surface area contributed by atoms with E-state index in [0.29, 0.717) is 29.5 Å². The molecule has 5 aromatic carbocycles. The zero-order chi connectivity index (χ0) is 65.1. The summed E-state index contributed by atoms with van der Waals surface area (Å²) in [6.07, 6.45) is 2.69. The Balaban J connectivity index is 1.22. The molecular formula is C68H79FN6O15. The summed E-state index contributed by atoms with van der Waals surface area (Å²) < 4.78 is 44.4. The number of hydrogen-bond acceptors (Lipinski definition) is 15. The molecule has 2 heterocycles. The quantitative estimate of drug-likeness (QED) is 0.100. The van der Waals surface area contributed by atoms with Crippen molar-refractivity contribution in [2.45, 2.75) is 102 Å². The number of esters is 2. The number of carbonyl (C=O) groups excluding carboxylic acids is 9. The fourth-order valence-electron chi connectivity index (χ4n) is 10.6. The number of phenolic OH excluding ortho intramolecular Hbond substituents is 1. The van der Waals surface area contributed by atoms with Crippen LogP contribution in [-0.4, -0.2) is 170 Å². The highest BCUT2D eigenvalue weighted by Gasteiger charge is 2.43. The number of phenols is 1. The van der Waals surface area contributed by atoms with Gasteiger partial charge < -0.3 is 59.0 Å². The number of ether oxygens (including phenoxy) is 5. The summed E-state index contributed by atoms with van der Waals surface area (Å²) >= 11 is 0. The van der Waals surface area contributed by atoms with Gasteiger partial charge in [0.1, 0.15) is 48.4 Å². The molecule has 21 nitrogen and oxygen atoms in total. The number of rotatable bonds is 11. The first-order valence-electron chi connectivity index (χ1n) is 29.8. The number of fused-ring (bicyclic) bond motifs is 3. The van der Waals surface area contributed by atoms with Crippen LogP contribution in [0, 0.1) is 11.2 Å². The van der Waals surface area contributed by atoms with Gasteiger partial charge >= 0.3 is 11.9 Å². The van der Waals surface area contributed by atoms with Crippen molar-refractivity contribution in [2.24, 2.45) is 5.41 Å². The molecule has 22 heteroatoms. The number of benzene rings is 5. The molecule has 6 amide bonds. The van der Waals surface area contributed by atoms with Crippen LogP contribution in [0.4, 0.5) is 4.39 Å². The number of aryl methyl sites for hydroxylation is 1. The van der Waals surface area contributed by atoms with Gasteiger partial charge in [-0.15, -0.1) is 0 Å². The molecule has 2 aliphatic rings. The maximum absolute atomic E-state index is 16.0. The molecule has 478 valence electrons. The van der Waals surface area contributed by atoms with Crippen molar-refractivity contribution in [1.82, 2.24) is 30.2 Å². The van der Waals surface area contributed by atoms with Crippen LogP contribution in [0.2, 0.25) is 0 Å². The van der Waals surface area contributed by atoms with Crippen molar-refractivity contribution in [1.29, 1.82) is 0 Å². The van der Waals surface area contributed by atoms with E-state index in [1.165, 1.54) is 94.3 Å². The topological polar surface area (TPSA) is 257 Å². The third-order valence-corrected chi connectivity index (χ3v) is 15.9. The molecule has 1 fully saturated rings. The second-order valence-electron chi connectivity index (χ2n) is 23.0. The zero-order valence-corrected chi connectivity index (χ0v) is 51.8. The number of hydrogen-bond donors (Lipinski definition) is 3. The standard InChI is InChI=1S/C68H79FN6O15/c1-68(2)43-89-59(79)26-15-16-35-72(3)64(82)51(37-44-19-10-8-11-20-44)70-57(77)41-73(4)65(83)52(38-45-21-12-9-13-22-45)71-63(81)54(39-46-27-31-49(76)32-28-46)74(5)58(78)42-88-50-24-18-23-48(40-50)55(33-29-47-30-34-56(86-6)61(87-7)60(47)69)90-67(85)53-25-14-17-36-75(53)66(84)62(68)80/h8-13,15,18-24,26-28,30-32,34,40,51-55,76H,14,16-17,25,29,33,35-39,41-43H2,1-7H3,(H,70,77)(H,71,81)/b26-15+/t51-,52-,53+,54+,55-/m1/s1. The summed E-state index contributed by atoms with van der Waals surface area (Å²) in [6, 6.07) is 28.4. The summed E-state index contributed by atoms with van der Waals surface area (Å²) in [5.41, 5.74) is 0.949. The van der Waals surface area contributed by atoms with E-state index in [0.717, 1.165) is 16.5 Å². The SMILES string of the molecule is COc1ccc(CC[C@H]2OC(=O)[C@@H]3CCCCN3C(=O)C(=O)C(C)(C)COC(=O)/C=C/CCN(C)C(=O)[C@@H](Cc3ccccc3)NC(=O)CN(C)C(=O)[C@@H](Cc3ccccc3)NC(=O)[C@H](Cc3ccc(O)cc3)N(C)C(=O)COc3cccc2c3)c(F)c1OC. The maximum Gasteiger partial charge on any atom is 0.330 e. The van der Waals surface area contributed by atoms with Gasteiger partial charge in [0.2, 0.25) is 29.4 Å². The number of nitrogens with zero attached hydrogens (tertiary/aromatic N) is 4. The molecule has 2 aliphatic heterocycles. The van der Waals surface area contributed by atoms with Gasteiger partial charge in [0.25, 0.3) is 11.8 Å². The van der Waals surface area contributed by atoms with E-state index in [1.807, 2.05) is 6.07 Å². The van der Waals surface area contributed by atoms with Gasteiger partial charge in [-0.3, -0.25) is 33.6 Å². The third kappa shape index (κ3) is 18.5. The Morgan fingerprint density at radius 3 is 2.00 bits per heavy atom. The predicted octanol–water partition coefficient (Wildman–Crippen LogP) is 6.07. The van der Waals surface area contributed by atoms with Crippen molar-refractivity contribution < 1.29 is 76.3 Å². The maximum atomic E-state index is 16.0. The highest BCUT2D eigenvalue weighted by Crippen LogP contribution is 2.35. The molecule has 90 heavy (non-hydrogen) atoms. The van der Waals surface area contributed by atoms with E-state index in [2.05, 4.69) is 10.6 Å². The first kappa shape index (κ1) is 67.9. The first-order valence-corrected chi connectivity index (χ1v) is 29.8. The van der Waals surface area contributed by atoms with E-state index in [1.54, 1.807) is 91.0 Å². The normalized spacial score (nSPS) is 21.4. The second kappa shape index (κ2) is 32.0. The Kier molecular flexibility index (Phi) is 24.2. The lowest BCUT2D eigenvalue weighted by atomic mass is 9.87. The van der Waals surface area contributed by atoms with E-state index in [9.17, 15) is 48.3 Å². The average Bonchev–Trinajstić information content (AvgIpc) is 1.14. The van der Waals surface area contributed by atoms with Crippen LogP contribution in [0.15, 0.2) is 133 Å². The van der Waals surface area contributed by atoms with Gasteiger partial charge in [0, 0.05) is 59.6 Å².